The van der Waals surface area contributed by atoms with Crippen LogP contribution in [0, 0.1) is 11.8 Å². The Kier molecular flexibility index (Phi) is 9.88. The maximum atomic E-state index is 12.5. The first kappa shape index (κ1) is 30.7. The predicted molar refractivity (Wildman–Crippen MR) is 155 cm³/mol. The SMILES string of the molecule is CC[C@@H]1CN2CC[C@@]3(O)C(=Nc4cccc(OC)c43)[C@@H]2C[C@@H]1/C(=C\OC)C(=O)OC.COC(=O)C1=CCCN(C)C1. The lowest BCUT2D eigenvalue weighted by Gasteiger charge is -2.50. The number of nitrogens with zero attached hydrogens (tertiary/aromatic N) is 3. The normalized spacial score (nSPS) is 27.6. The fourth-order valence-corrected chi connectivity index (χ4v) is 6.63. The molecule has 1 aromatic carbocycles. The van der Waals surface area contributed by atoms with E-state index in [9.17, 15) is 14.7 Å². The molecule has 10 nitrogen and oxygen atoms in total. The van der Waals surface area contributed by atoms with Crippen molar-refractivity contribution < 1.29 is 33.6 Å². The van der Waals surface area contributed by atoms with Gasteiger partial charge in [0.1, 0.15) is 11.4 Å². The van der Waals surface area contributed by atoms with Crippen molar-refractivity contribution in [2.75, 3.05) is 61.7 Å². The molecule has 0 aliphatic carbocycles. The number of hydrogen-bond donors (Lipinski definition) is 1. The number of fused-ring (bicyclic) bond motifs is 5. The zero-order valence-electron chi connectivity index (χ0n) is 25.0. The average molecular weight is 570 g/mol. The molecule has 0 aromatic heterocycles. The van der Waals surface area contributed by atoms with E-state index in [0.29, 0.717) is 36.6 Å². The molecule has 0 spiro atoms. The van der Waals surface area contributed by atoms with Gasteiger partial charge in [-0.3, -0.25) is 9.89 Å². The van der Waals surface area contributed by atoms with E-state index >= 15 is 0 Å². The minimum absolute atomic E-state index is 0.0284. The lowest BCUT2D eigenvalue weighted by atomic mass is 9.70. The summed E-state index contributed by atoms with van der Waals surface area (Å²) in [5.74, 6) is 0.372. The number of ether oxygens (including phenoxy) is 4. The molecule has 2 fully saturated rings. The van der Waals surface area contributed by atoms with Crippen molar-refractivity contribution in [1.82, 2.24) is 9.80 Å². The van der Waals surface area contributed by atoms with Gasteiger partial charge in [0.15, 0.2) is 0 Å². The zero-order chi connectivity index (χ0) is 29.7. The second kappa shape index (κ2) is 13.2. The van der Waals surface area contributed by atoms with Gasteiger partial charge in [-0.05, 0) is 50.3 Å². The predicted octanol–water partition coefficient (Wildman–Crippen LogP) is 3.21. The maximum absolute atomic E-state index is 12.5. The van der Waals surface area contributed by atoms with Crippen LogP contribution in [0.2, 0.25) is 0 Å². The van der Waals surface area contributed by atoms with E-state index in [1.807, 2.05) is 31.3 Å². The van der Waals surface area contributed by atoms with Gasteiger partial charge in [-0.2, -0.15) is 0 Å². The molecule has 2 saturated heterocycles. The Morgan fingerprint density at radius 2 is 1.95 bits per heavy atom. The third kappa shape index (κ3) is 6.05. The molecule has 0 saturated carbocycles. The van der Waals surface area contributed by atoms with Crippen molar-refractivity contribution in [1.29, 1.82) is 0 Å². The summed E-state index contributed by atoms with van der Waals surface area (Å²) in [6.45, 7) is 5.50. The number of likely N-dealkylation sites (N-methyl/N-ethyl adjacent to an activating group) is 1. The lowest BCUT2D eigenvalue weighted by molar-refractivity contribution is -0.138. The minimum Gasteiger partial charge on any atom is -0.504 e. The molecule has 1 N–H and O–H groups in total. The number of benzene rings is 1. The van der Waals surface area contributed by atoms with Crippen LogP contribution in [-0.4, -0.2) is 100 Å². The monoisotopic (exact) mass is 569 g/mol. The molecule has 4 aliphatic rings. The van der Waals surface area contributed by atoms with E-state index < -0.39 is 5.60 Å². The van der Waals surface area contributed by atoms with Crippen LogP contribution in [0.1, 0.15) is 38.2 Å². The van der Waals surface area contributed by atoms with Crippen LogP contribution in [0.25, 0.3) is 0 Å². The number of carbonyl (C=O) groups is 2. The van der Waals surface area contributed by atoms with E-state index in [0.717, 1.165) is 55.0 Å². The van der Waals surface area contributed by atoms with Gasteiger partial charge in [-0.25, -0.2) is 9.59 Å². The minimum atomic E-state index is -1.14. The molecular weight excluding hydrogens is 526 g/mol. The Morgan fingerprint density at radius 1 is 1.17 bits per heavy atom. The van der Waals surface area contributed by atoms with Crippen LogP contribution in [0.5, 0.6) is 5.75 Å². The van der Waals surface area contributed by atoms with Crippen LogP contribution in [0.3, 0.4) is 0 Å². The highest BCUT2D eigenvalue weighted by atomic mass is 16.5. The molecule has 0 unspecified atom stereocenters. The molecule has 0 amide bonds. The molecule has 41 heavy (non-hydrogen) atoms. The highest BCUT2D eigenvalue weighted by molar-refractivity contribution is 6.05. The fraction of sp³-hybridized carbons (Fsp3) is 0.581. The van der Waals surface area contributed by atoms with Gasteiger partial charge in [0.2, 0.25) is 0 Å². The summed E-state index contributed by atoms with van der Waals surface area (Å²) in [6, 6.07) is 5.63. The topological polar surface area (TPSA) is 110 Å². The first-order chi connectivity index (χ1) is 19.7. The average Bonchev–Trinajstić information content (AvgIpc) is 3.31. The van der Waals surface area contributed by atoms with E-state index in [1.54, 1.807) is 14.2 Å². The van der Waals surface area contributed by atoms with Gasteiger partial charge in [-0.1, -0.05) is 25.5 Å². The molecule has 4 heterocycles. The van der Waals surface area contributed by atoms with Gasteiger partial charge >= 0.3 is 11.9 Å². The van der Waals surface area contributed by atoms with Crippen molar-refractivity contribution in [3.05, 3.63) is 47.2 Å². The molecule has 1 aromatic rings. The highest BCUT2D eigenvalue weighted by Gasteiger charge is 2.54. The third-order valence-corrected chi connectivity index (χ3v) is 8.71. The fourth-order valence-electron chi connectivity index (χ4n) is 6.63. The quantitative estimate of drug-likeness (QED) is 0.314. The second-order valence-electron chi connectivity index (χ2n) is 11.0. The van der Waals surface area contributed by atoms with E-state index in [4.69, 9.17) is 19.2 Å². The lowest BCUT2D eigenvalue weighted by Crippen LogP contribution is -2.60. The number of esters is 2. The van der Waals surface area contributed by atoms with Crippen LogP contribution in [0.15, 0.2) is 46.7 Å². The summed E-state index contributed by atoms with van der Waals surface area (Å²) in [5, 5.41) is 11.8. The Bertz CT molecular complexity index is 1230. The van der Waals surface area contributed by atoms with Gasteiger partial charge in [0, 0.05) is 31.8 Å². The van der Waals surface area contributed by atoms with Crippen molar-refractivity contribution in [3.63, 3.8) is 0 Å². The number of piperidine rings is 2. The van der Waals surface area contributed by atoms with Crippen LogP contribution >= 0.6 is 0 Å². The molecule has 0 radical (unpaired) electrons. The molecule has 4 aliphatic heterocycles. The van der Waals surface area contributed by atoms with Crippen LogP contribution in [0.4, 0.5) is 5.69 Å². The summed E-state index contributed by atoms with van der Waals surface area (Å²) in [7, 11) is 7.97. The Balaban J connectivity index is 0.000000296. The number of rotatable bonds is 6. The van der Waals surface area contributed by atoms with Crippen molar-refractivity contribution in [2.24, 2.45) is 16.8 Å². The second-order valence-corrected chi connectivity index (χ2v) is 11.0. The molecule has 5 rings (SSSR count). The van der Waals surface area contributed by atoms with Crippen molar-refractivity contribution >= 4 is 23.3 Å². The Labute approximate surface area is 242 Å². The number of methoxy groups -OCH3 is 4. The Hall–Kier alpha value is -3.21. The van der Waals surface area contributed by atoms with E-state index in [1.165, 1.54) is 20.5 Å². The smallest absolute Gasteiger partial charge is 0.337 e. The summed E-state index contributed by atoms with van der Waals surface area (Å²) < 4.78 is 20.4. The van der Waals surface area contributed by atoms with E-state index in [-0.39, 0.29) is 23.9 Å². The number of carbonyl (C=O) groups excluding carboxylic acids is 2. The largest absolute Gasteiger partial charge is 0.504 e. The van der Waals surface area contributed by atoms with E-state index in [2.05, 4.69) is 21.5 Å². The number of aliphatic hydroxyl groups is 1. The summed E-state index contributed by atoms with van der Waals surface area (Å²) in [4.78, 5) is 32.9. The van der Waals surface area contributed by atoms with Crippen LogP contribution < -0.4 is 4.74 Å². The molecule has 0 bridgehead atoms. The first-order valence-electron chi connectivity index (χ1n) is 14.2. The first-order valence-corrected chi connectivity index (χ1v) is 14.2. The zero-order valence-corrected chi connectivity index (χ0v) is 25.0. The molecule has 4 atom stereocenters. The third-order valence-electron chi connectivity index (χ3n) is 8.71. The molecule has 10 heteroatoms. The summed E-state index contributed by atoms with van der Waals surface area (Å²) in [6.07, 6.45) is 6.61. The van der Waals surface area contributed by atoms with Gasteiger partial charge in [0.25, 0.3) is 0 Å². The number of aliphatic imine (C=N–C) groups is 1. The summed E-state index contributed by atoms with van der Waals surface area (Å²) in [5.41, 5.74) is 2.48. The van der Waals surface area contributed by atoms with Crippen molar-refractivity contribution in [3.8, 4) is 5.75 Å². The van der Waals surface area contributed by atoms with Crippen molar-refractivity contribution in [2.45, 2.75) is 44.2 Å². The molecular formula is C31H43N3O7. The van der Waals surface area contributed by atoms with Gasteiger partial charge in [-0.15, -0.1) is 0 Å². The Morgan fingerprint density at radius 3 is 2.59 bits per heavy atom. The van der Waals surface area contributed by atoms with Gasteiger partial charge < -0.3 is 29.0 Å². The number of hydrogen-bond acceptors (Lipinski definition) is 10. The maximum Gasteiger partial charge on any atom is 0.337 e. The summed E-state index contributed by atoms with van der Waals surface area (Å²) >= 11 is 0. The van der Waals surface area contributed by atoms with Crippen LogP contribution in [-0.2, 0) is 29.4 Å². The van der Waals surface area contributed by atoms with Gasteiger partial charge in [0.05, 0.1) is 63.3 Å². The molecule has 224 valence electrons. The highest BCUT2D eigenvalue weighted by Crippen LogP contribution is 2.51. The standard InChI is InChI=1S/C23H30N2O5.C8H13NO2/c1-5-14-12-25-10-9-23(27)20-17(7-6-8-19(20)29-3)24-21(23)18(25)11-15(14)16(13-28-2)22(26)30-4;1-9-5-3-4-7(6-9)8(10)11-2/h6-8,13-15,18,27H,5,9-12H2,1-4H3;4H,3,5-6H2,1-2H3/b16-13+;/t14-,15+,18+,23+;/m1./s1.